The number of hydrogen-bond donors (Lipinski definition) is 1. The summed E-state index contributed by atoms with van der Waals surface area (Å²) < 4.78 is 28.9. The summed E-state index contributed by atoms with van der Waals surface area (Å²) in [5.41, 5.74) is 1.20. The molecule has 1 N–H and O–H groups in total. The molecule has 0 saturated carbocycles. The fourth-order valence-corrected chi connectivity index (χ4v) is 7.67. The largest absolute Gasteiger partial charge is 0.336 e. The van der Waals surface area contributed by atoms with Gasteiger partial charge in [-0.15, -0.1) is 11.3 Å². The molecule has 192 valence electrons. The summed E-state index contributed by atoms with van der Waals surface area (Å²) in [6.07, 6.45) is 0. The maximum atomic E-state index is 13.3. The molecule has 4 rings (SSSR count). The zero-order chi connectivity index (χ0) is 26.0. The number of rotatable bonds is 7. The molecule has 0 atom stereocenters. The number of halogens is 3. The Bertz CT molecular complexity index is 1370. The highest BCUT2D eigenvalue weighted by Crippen LogP contribution is 2.33. The van der Waals surface area contributed by atoms with Crippen LogP contribution >= 0.6 is 50.5 Å². The zero-order valence-corrected chi connectivity index (χ0v) is 24.5. The van der Waals surface area contributed by atoms with E-state index >= 15 is 0 Å². The Morgan fingerprint density at radius 2 is 1.81 bits per heavy atom. The van der Waals surface area contributed by atoms with Crippen molar-refractivity contribution in [3.05, 3.63) is 73.5 Å². The van der Waals surface area contributed by atoms with Gasteiger partial charge in [0, 0.05) is 53.0 Å². The lowest BCUT2D eigenvalue weighted by atomic mass is 10.1. The fraction of sp³-hybridized carbons (Fsp3) is 0.320. The summed E-state index contributed by atoms with van der Waals surface area (Å²) in [5.74, 6) is -0.362. The first-order valence-corrected chi connectivity index (χ1v) is 15.3. The predicted octanol–water partition coefficient (Wildman–Crippen LogP) is 6.13. The lowest BCUT2D eigenvalue weighted by molar-refractivity contribution is 0.0629. The van der Waals surface area contributed by atoms with E-state index in [1.807, 2.05) is 12.1 Å². The van der Waals surface area contributed by atoms with Gasteiger partial charge < -0.3 is 4.90 Å². The fourth-order valence-electron chi connectivity index (χ4n) is 4.06. The minimum Gasteiger partial charge on any atom is -0.336 e. The third kappa shape index (κ3) is 6.32. The average Bonchev–Trinajstić information content (AvgIpc) is 3.27. The molecule has 1 fully saturated rings. The highest BCUT2D eigenvalue weighted by Gasteiger charge is 2.29. The number of hydrogen-bond acceptors (Lipinski definition) is 5. The van der Waals surface area contributed by atoms with Gasteiger partial charge in [-0.05, 0) is 55.8 Å². The van der Waals surface area contributed by atoms with Gasteiger partial charge in [-0.25, -0.2) is 13.1 Å². The second-order valence-corrected chi connectivity index (χ2v) is 13.4. The van der Waals surface area contributed by atoms with Gasteiger partial charge in [-0.3, -0.25) is 9.69 Å². The summed E-state index contributed by atoms with van der Waals surface area (Å²) in [6.45, 7) is 6.61. The van der Waals surface area contributed by atoms with E-state index in [1.165, 1.54) is 27.5 Å². The maximum absolute atomic E-state index is 13.3. The Labute approximate surface area is 234 Å². The summed E-state index contributed by atoms with van der Waals surface area (Å²) >= 11 is 18.0. The topological polar surface area (TPSA) is 69.7 Å². The third-order valence-electron chi connectivity index (χ3n) is 5.76. The molecular weight excluding hydrogens is 605 g/mol. The van der Waals surface area contributed by atoms with Crippen LogP contribution < -0.4 is 4.72 Å². The molecule has 3 aromatic rings. The Morgan fingerprint density at radius 1 is 1.08 bits per heavy atom. The van der Waals surface area contributed by atoms with Crippen LogP contribution in [-0.4, -0.2) is 56.3 Å². The van der Waals surface area contributed by atoms with Gasteiger partial charge in [0.05, 0.1) is 15.6 Å². The number of nitrogens with one attached hydrogen (secondary N) is 1. The minimum absolute atomic E-state index is 0.0235. The minimum atomic E-state index is -3.88. The van der Waals surface area contributed by atoms with Gasteiger partial charge in [-0.2, -0.15) is 0 Å². The lowest BCUT2D eigenvalue weighted by Gasteiger charge is -2.35. The van der Waals surface area contributed by atoms with E-state index in [0.717, 1.165) is 11.0 Å². The second kappa shape index (κ2) is 11.5. The standard InChI is InChI=1S/C25H26BrCl2N3O3S2/c1-16(2)29-36(33,34)22-9-7-20(27)23(24(22)28)25(32)31-12-10-30(11-13-31)15-19-6-8-21(35-19)17-4-3-5-18(26)14-17/h3-9,14,16,29H,10-13,15H2,1-2H3. The van der Waals surface area contributed by atoms with Gasteiger partial charge in [0.1, 0.15) is 4.90 Å². The molecule has 11 heteroatoms. The summed E-state index contributed by atoms with van der Waals surface area (Å²) in [6, 6.07) is 14.9. The van der Waals surface area contributed by atoms with Crippen molar-refractivity contribution in [2.24, 2.45) is 0 Å². The van der Waals surface area contributed by atoms with Crippen molar-refractivity contribution in [1.29, 1.82) is 0 Å². The molecule has 1 aromatic heterocycles. The van der Waals surface area contributed by atoms with Crippen molar-refractivity contribution in [3.8, 4) is 10.4 Å². The highest BCUT2D eigenvalue weighted by molar-refractivity contribution is 9.10. The number of piperazine rings is 1. The van der Waals surface area contributed by atoms with Crippen LogP contribution in [-0.2, 0) is 16.6 Å². The summed E-state index contributed by atoms with van der Waals surface area (Å²) in [4.78, 5) is 19.6. The first-order chi connectivity index (χ1) is 17.0. The molecule has 0 bridgehead atoms. The summed E-state index contributed by atoms with van der Waals surface area (Å²) in [5, 5.41) is -0.0173. The molecular formula is C25H26BrCl2N3O3S2. The van der Waals surface area contributed by atoms with Gasteiger partial charge in [0.15, 0.2) is 0 Å². The van der Waals surface area contributed by atoms with Crippen LogP contribution in [0.15, 0.2) is 57.9 Å². The summed E-state index contributed by atoms with van der Waals surface area (Å²) in [7, 11) is -3.88. The van der Waals surface area contributed by atoms with Crippen molar-refractivity contribution in [2.45, 2.75) is 31.3 Å². The van der Waals surface area contributed by atoms with Gasteiger partial charge in [0.2, 0.25) is 10.0 Å². The number of sulfonamides is 1. The highest BCUT2D eigenvalue weighted by atomic mass is 79.9. The first kappa shape index (κ1) is 27.6. The average molecular weight is 631 g/mol. The van der Waals surface area contributed by atoms with Crippen LogP contribution in [0.5, 0.6) is 0 Å². The van der Waals surface area contributed by atoms with E-state index in [2.05, 4.69) is 49.8 Å². The number of thiophene rings is 1. The normalized spacial score (nSPS) is 15.0. The number of carbonyl (C=O) groups excluding carboxylic acids is 1. The van der Waals surface area contributed by atoms with Crippen LogP contribution in [0.4, 0.5) is 0 Å². The lowest BCUT2D eigenvalue weighted by Crippen LogP contribution is -2.48. The van der Waals surface area contributed by atoms with Crippen molar-refractivity contribution < 1.29 is 13.2 Å². The first-order valence-electron chi connectivity index (χ1n) is 11.4. The molecule has 1 saturated heterocycles. The Morgan fingerprint density at radius 3 is 2.47 bits per heavy atom. The molecule has 0 radical (unpaired) electrons. The zero-order valence-electron chi connectivity index (χ0n) is 19.8. The third-order valence-corrected chi connectivity index (χ3v) is 9.89. The molecule has 0 spiro atoms. The van der Waals surface area contributed by atoms with Gasteiger partial charge in [0.25, 0.3) is 5.91 Å². The van der Waals surface area contributed by atoms with E-state index in [0.29, 0.717) is 26.2 Å². The van der Waals surface area contributed by atoms with Crippen LogP contribution in [0.3, 0.4) is 0 Å². The van der Waals surface area contributed by atoms with E-state index in [-0.39, 0.29) is 32.5 Å². The maximum Gasteiger partial charge on any atom is 0.257 e. The number of nitrogens with zero attached hydrogens (tertiary/aromatic N) is 2. The van der Waals surface area contributed by atoms with Gasteiger partial charge in [-0.1, -0.05) is 51.3 Å². The van der Waals surface area contributed by atoms with E-state index in [9.17, 15) is 13.2 Å². The molecule has 1 aliphatic heterocycles. The van der Waals surface area contributed by atoms with Crippen LogP contribution in [0.2, 0.25) is 10.0 Å². The van der Waals surface area contributed by atoms with Crippen molar-refractivity contribution in [2.75, 3.05) is 26.2 Å². The molecule has 0 aliphatic carbocycles. The van der Waals surface area contributed by atoms with Crippen molar-refractivity contribution in [1.82, 2.24) is 14.5 Å². The van der Waals surface area contributed by atoms with Crippen molar-refractivity contribution >= 4 is 66.4 Å². The Balaban J connectivity index is 1.42. The number of amides is 1. The van der Waals surface area contributed by atoms with E-state index in [1.54, 1.807) is 30.1 Å². The molecule has 2 heterocycles. The van der Waals surface area contributed by atoms with Crippen LogP contribution in [0, 0.1) is 0 Å². The van der Waals surface area contributed by atoms with Crippen LogP contribution in [0.25, 0.3) is 10.4 Å². The molecule has 0 unspecified atom stereocenters. The van der Waals surface area contributed by atoms with Crippen LogP contribution in [0.1, 0.15) is 29.1 Å². The predicted molar refractivity (Wildman–Crippen MR) is 151 cm³/mol. The van der Waals surface area contributed by atoms with Crippen molar-refractivity contribution in [3.63, 3.8) is 0 Å². The monoisotopic (exact) mass is 629 g/mol. The Kier molecular flexibility index (Phi) is 8.82. The molecule has 36 heavy (non-hydrogen) atoms. The van der Waals surface area contributed by atoms with E-state index in [4.69, 9.17) is 23.2 Å². The SMILES string of the molecule is CC(C)NS(=O)(=O)c1ccc(Cl)c(C(=O)N2CCN(Cc3ccc(-c4cccc(Br)c4)s3)CC2)c1Cl. The number of carbonyl (C=O) groups is 1. The number of benzene rings is 2. The Hall–Kier alpha value is -1.46. The second-order valence-electron chi connectivity index (χ2n) is 8.86. The van der Waals surface area contributed by atoms with Gasteiger partial charge >= 0.3 is 0 Å². The molecule has 1 amide bonds. The smallest absolute Gasteiger partial charge is 0.257 e. The molecule has 1 aliphatic rings. The van der Waals surface area contributed by atoms with E-state index < -0.39 is 10.0 Å². The molecule has 6 nitrogen and oxygen atoms in total. The molecule has 2 aromatic carbocycles. The quantitative estimate of drug-likeness (QED) is 0.341.